The van der Waals surface area contributed by atoms with Gasteiger partial charge in [-0.05, 0) is 26.8 Å². The summed E-state index contributed by atoms with van der Waals surface area (Å²) in [6.45, 7) is 4.20. The van der Waals surface area contributed by atoms with Crippen LogP contribution < -0.4 is 0 Å². The van der Waals surface area contributed by atoms with E-state index in [-0.39, 0.29) is 11.9 Å². The molecule has 1 aliphatic heterocycles. The summed E-state index contributed by atoms with van der Waals surface area (Å²) in [7, 11) is 1.67. The molecule has 0 radical (unpaired) electrons. The van der Waals surface area contributed by atoms with E-state index in [9.17, 15) is 14.7 Å². The predicted molar refractivity (Wildman–Crippen MR) is 66.1 cm³/mol. The molecule has 104 valence electrons. The Hall–Kier alpha value is -1.14. The molecule has 18 heavy (non-hydrogen) atoms. The van der Waals surface area contributed by atoms with Gasteiger partial charge in [0.25, 0.3) is 0 Å². The lowest BCUT2D eigenvalue weighted by Crippen LogP contribution is -2.51. The second-order valence-corrected chi connectivity index (χ2v) is 4.97. The molecule has 0 bridgehead atoms. The number of carbonyl (C=O) groups excluding carboxylic acids is 1. The van der Waals surface area contributed by atoms with Crippen molar-refractivity contribution < 1.29 is 19.8 Å². The Labute approximate surface area is 107 Å². The summed E-state index contributed by atoms with van der Waals surface area (Å²) in [5.74, 6) is -1.02. The molecule has 3 atom stereocenters. The Balaban J connectivity index is 2.65. The van der Waals surface area contributed by atoms with Gasteiger partial charge < -0.3 is 15.1 Å². The van der Waals surface area contributed by atoms with Gasteiger partial charge in [-0.3, -0.25) is 14.5 Å². The second-order valence-electron chi connectivity index (χ2n) is 4.97. The Kier molecular flexibility index (Phi) is 5.10. The van der Waals surface area contributed by atoms with E-state index in [0.717, 1.165) is 19.4 Å². The molecule has 1 heterocycles. The van der Waals surface area contributed by atoms with E-state index in [0.29, 0.717) is 6.54 Å². The summed E-state index contributed by atoms with van der Waals surface area (Å²) < 4.78 is 0. The minimum absolute atomic E-state index is 0.0230. The molecule has 1 unspecified atom stereocenters. The number of nitrogens with zero attached hydrogens (tertiary/aromatic N) is 2. The van der Waals surface area contributed by atoms with Gasteiger partial charge in [-0.25, -0.2) is 0 Å². The first-order chi connectivity index (χ1) is 8.34. The predicted octanol–water partition coefficient (Wildman–Crippen LogP) is -0.237. The van der Waals surface area contributed by atoms with Crippen molar-refractivity contribution in [2.45, 2.75) is 44.9 Å². The van der Waals surface area contributed by atoms with Crippen molar-refractivity contribution in [3.63, 3.8) is 0 Å². The molecule has 6 nitrogen and oxygen atoms in total. The summed E-state index contributed by atoms with van der Waals surface area (Å²) in [5, 5.41) is 18.6. The fourth-order valence-electron chi connectivity index (χ4n) is 2.65. The minimum Gasteiger partial charge on any atom is -0.480 e. The molecule has 0 saturated carbocycles. The van der Waals surface area contributed by atoms with Crippen LogP contribution in [0.4, 0.5) is 0 Å². The lowest BCUT2D eigenvalue weighted by Gasteiger charge is -2.32. The van der Waals surface area contributed by atoms with E-state index < -0.39 is 18.1 Å². The molecule has 0 aromatic heterocycles. The van der Waals surface area contributed by atoms with E-state index in [4.69, 9.17) is 5.11 Å². The average Bonchev–Trinajstić information content (AvgIpc) is 2.63. The number of likely N-dealkylation sites (N-methyl/N-ethyl adjacent to an activating group) is 1. The van der Waals surface area contributed by atoms with Crippen LogP contribution in [0.5, 0.6) is 0 Å². The lowest BCUT2D eigenvalue weighted by molar-refractivity contribution is -0.147. The van der Waals surface area contributed by atoms with Crippen LogP contribution >= 0.6 is 0 Å². The molecule has 0 spiro atoms. The lowest BCUT2D eigenvalue weighted by atomic mass is 10.1. The first-order valence-corrected chi connectivity index (χ1v) is 6.23. The van der Waals surface area contributed by atoms with Crippen molar-refractivity contribution in [1.29, 1.82) is 0 Å². The van der Waals surface area contributed by atoms with Gasteiger partial charge in [-0.15, -0.1) is 0 Å². The largest absolute Gasteiger partial charge is 0.480 e. The normalized spacial score (nSPS) is 23.2. The van der Waals surface area contributed by atoms with E-state index >= 15 is 0 Å². The number of hydrogen-bond donors (Lipinski definition) is 2. The molecular weight excluding hydrogens is 236 g/mol. The third-order valence-electron chi connectivity index (χ3n) is 3.47. The van der Waals surface area contributed by atoms with Gasteiger partial charge in [-0.1, -0.05) is 0 Å². The fraction of sp³-hybridized carbons (Fsp3) is 0.833. The molecule has 1 aliphatic rings. The van der Waals surface area contributed by atoms with Crippen LogP contribution in [0.15, 0.2) is 0 Å². The van der Waals surface area contributed by atoms with Crippen LogP contribution in [0.25, 0.3) is 0 Å². The van der Waals surface area contributed by atoms with Crippen LogP contribution in [0.1, 0.15) is 26.7 Å². The van der Waals surface area contributed by atoms with Gasteiger partial charge in [0.05, 0.1) is 6.10 Å². The monoisotopic (exact) mass is 258 g/mol. The summed E-state index contributed by atoms with van der Waals surface area (Å²) in [6, 6.07) is -0.882. The Morgan fingerprint density at radius 3 is 2.56 bits per heavy atom. The molecule has 2 N–H and O–H groups in total. The Morgan fingerprint density at radius 2 is 2.11 bits per heavy atom. The fourth-order valence-corrected chi connectivity index (χ4v) is 2.65. The van der Waals surface area contributed by atoms with Gasteiger partial charge in [0.1, 0.15) is 6.04 Å². The molecule has 0 aromatic rings. The number of rotatable bonds is 5. The molecular formula is C12H22N2O4. The van der Waals surface area contributed by atoms with Crippen molar-refractivity contribution in [1.82, 2.24) is 9.80 Å². The molecule has 0 aromatic carbocycles. The SMILES string of the molecule is CC(=O)N1CCCC1CN(C)[C@H](C(=O)O)[C@@H](C)O. The standard InChI is InChI=1S/C12H22N2O4/c1-8(15)11(12(17)18)13(3)7-10-5-4-6-14(10)9(2)16/h8,10-11,15H,4-7H2,1-3H3,(H,17,18)/t8-,10?,11+/m1/s1. The van der Waals surface area contributed by atoms with E-state index in [1.54, 1.807) is 16.8 Å². The number of carboxylic acids is 1. The third-order valence-corrected chi connectivity index (χ3v) is 3.47. The molecule has 1 amide bonds. The molecule has 1 rings (SSSR count). The number of amides is 1. The molecule has 1 fully saturated rings. The summed E-state index contributed by atoms with van der Waals surface area (Å²) in [5.41, 5.74) is 0. The smallest absolute Gasteiger partial charge is 0.323 e. The first-order valence-electron chi connectivity index (χ1n) is 6.23. The second kappa shape index (κ2) is 6.15. The maximum atomic E-state index is 11.4. The maximum absolute atomic E-state index is 11.4. The zero-order valence-corrected chi connectivity index (χ0v) is 11.2. The number of hydrogen-bond acceptors (Lipinski definition) is 4. The summed E-state index contributed by atoms with van der Waals surface area (Å²) in [6.07, 6.45) is 0.889. The quantitative estimate of drug-likeness (QED) is 0.711. The van der Waals surface area contributed by atoms with E-state index in [2.05, 4.69) is 0 Å². The van der Waals surface area contributed by atoms with Gasteiger partial charge in [0, 0.05) is 26.1 Å². The number of carboxylic acid groups (broad SMARTS) is 1. The molecule has 6 heteroatoms. The van der Waals surface area contributed by atoms with Crippen molar-refractivity contribution >= 4 is 11.9 Å². The van der Waals surface area contributed by atoms with Gasteiger partial charge >= 0.3 is 5.97 Å². The summed E-state index contributed by atoms with van der Waals surface area (Å²) in [4.78, 5) is 25.9. The van der Waals surface area contributed by atoms with Gasteiger partial charge in [0.15, 0.2) is 0 Å². The summed E-state index contributed by atoms with van der Waals surface area (Å²) >= 11 is 0. The highest BCUT2D eigenvalue weighted by atomic mass is 16.4. The third kappa shape index (κ3) is 3.43. The first kappa shape index (κ1) is 14.9. The Bertz CT molecular complexity index is 319. The maximum Gasteiger partial charge on any atom is 0.323 e. The van der Waals surface area contributed by atoms with Crippen molar-refractivity contribution in [2.24, 2.45) is 0 Å². The number of aliphatic hydroxyl groups excluding tert-OH is 1. The number of carbonyl (C=O) groups is 2. The van der Waals surface area contributed by atoms with E-state index in [1.807, 2.05) is 0 Å². The number of likely N-dealkylation sites (tertiary alicyclic amines) is 1. The van der Waals surface area contributed by atoms with Crippen LogP contribution in [0, 0.1) is 0 Å². The topological polar surface area (TPSA) is 81.1 Å². The average molecular weight is 258 g/mol. The Morgan fingerprint density at radius 1 is 1.50 bits per heavy atom. The van der Waals surface area contributed by atoms with Crippen molar-refractivity contribution in [3.05, 3.63) is 0 Å². The van der Waals surface area contributed by atoms with Crippen molar-refractivity contribution in [2.75, 3.05) is 20.1 Å². The van der Waals surface area contributed by atoms with Crippen LogP contribution in [0.2, 0.25) is 0 Å². The van der Waals surface area contributed by atoms with Crippen LogP contribution in [-0.4, -0.2) is 70.2 Å². The van der Waals surface area contributed by atoms with Gasteiger partial charge in [0.2, 0.25) is 5.91 Å². The highest BCUT2D eigenvalue weighted by Gasteiger charge is 2.33. The number of aliphatic hydroxyl groups is 1. The molecule has 1 saturated heterocycles. The highest BCUT2D eigenvalue weighted by Crippen LogP contribution is 2.19. The minimum atomic E-state index is -1.04. The van der Waals surface area contributed by atoms with Crippen LogP contribution in [-0.2, 0) is 9.59 Å². The highest BCUT2D eigenvalue weighted by molar-refractivity contribution is 5.74. The van der Waals surface area contributed by atoms with Gasteiger partial charge in [-0.2, -0.15) is 0 Å². The van der Waals surface area contributed by atoms with Crippen LogP contribution in [0.3, 0.4) is 0 Å². The number of aliphatic carboxylic acids is 1. The molecule has 0 aliphatic carbocycles. The zero-order valence-electron chi connectivity index (χ0n) is 11.2. The van der Waals surface area contributed by atoms with E-state index in [1.165, 1.54) is 13.8 Å². The zero-order chi connectivity index (χ0) is 13.9. The van der Waals surface area contributed by atoms with Crippen molar-refractivity contribution in [3.8, 4) is 0 Å².